The van der Waals surface area contributed by atoms with Gasteiger partial charge in [-0.1, -0.05) is 0 Å². The molecule has 27 heavy (non-hydrogen) atoms. The van der Waals surface area contributed by atoms with Crippen LogP contribution in [0.25, 0.3) is 0 Å². The molecule has 0 radical (unpaired) electrons. The zero-order chi connectivity index (χ0) is 19.4. The molecule has 0 unspecified atom stereocenters. The highest BCUT2D eigenvalue weighted by Crippen LogP contribution is 2.39. The number of esters is 1. The molecule has 0 bridgehead atoms. The maximum absolute atomic E-state index is 12.8. The number of nitrogens with zero attached hydrogens (tertiary/aromatic N) is 1. The first kappa shape index (κ1) is 19.0. The Bertz CT molecular complexity index is 835. The number of rotatable bonds is 5. The molecule has 2 amide bonds. The van der Waals surface area contributed by atoms with Crippen LogP contribution in [0, 0.1) is 0 Å². The molecule has 1 N–H and O–H groups in total. The van der Waals surface area contributed by atoms with Gasteiger partial charge in [0.15, 0.2) is 0 Å². The Morgan fingerprint density at radius 1 is 1.19 bits per heavy atom. The van der Waals surface area contributed by atoms with Gasteiger partial charge in [-0.15, -0.1) is 11.3 Å². The van der Waals surface area contributed by atoms with E-state index in [0.717, 1.165) is 29.9 Å². The van der Waals surface area contributed by atoms with Gasteiger partial charge in [0.25, 0.3) is 0 Å². The summed E-state index contributed by atoms with van der Waals surface area (Å²) in [5.74, 6) is 1.02. The van der Waals surface area contributed by atoms with Crippen molar-refractivity contribution in [1.82, 2.24) is 4.90 Å². The number of thiophene rings is 1. The number of nitrogens with one attached hydrogen (secondary N) is 1. The Kier molecular flexibility index (Phi) is 5.85. The van der Waals surface area contributed by atoms with Crippen molar-refractivity contribution in [3.05, 3.63) is 40.8 Å². The lowest BCUT2D eigenvalue weighted by Crippen LogP contribution is -2.34. The number of carbonyl (C=O) groups is 2. The van der Waals surface area contributed by atoms with Crippen LogP contribution in [0.15, 0.2) is 29.6 Å². The van der Waals surface area contributed by atoms with E-state index in [0.29, 0.717) is 17.1 Å². The molecule has 144 valence electrons. The summed E-state index contributed by atoms with van der Waals surface area (Å²) in [6.07, 6.45) is 1.74. The van der Waals surface area contributed by atoms with Crippen molar-refractivity contribution in [2.24, 2.45) is 0 Å². The second-order valence-electron chi connectivity index (χ2n) is 6.08. The molecule has 1 atom stereocenters. The normalized spacial score (nSPS) is 16.1. The van der Waals surface area contributed by atoms with E-state index in [1.165, 1.54) is 18.4 Å². The average molecular weight is 390 g/mol. The highest BCUT2D eigenvalue weighted by atomic mass is 32.1. The van der Waals surface area contributed by atoms with E-state index in [4.69, 9.17) is 14.2 Å². The molecule has 8 heteroatoms. The van der Waals surface area contributed by atoms with Crippen molar-refractivity contribution < 1.29 is 23.8 Å². The molecule has 2 aromatic rings. The number of anilines is 1. The van der Waals surface area contributed by atoms with Crippen LogP contribution in [0.3, 0.4) is 0 Å². The fourth-order valence-electron chi connectivity index (χ4n) is 3.24. The summed E-state index contributed by atoms with van der Waals surface area (Å²) >= 11 is 1.29. The van der Waals surface area contributed by atoms with Gasteiger partial charge < -0.3 is 19.1 Å². The van der Waals surface area contributed by atoms with Crippen LogP contribution in [0.5, 0.6) is 11.5 Å². The maximum atomic E-state index is 12.8. The van der Waals surface area contributed by atoms with Gasteiger partial charge in [0, 0.05) is 17.5 Å². The maximum Gasteiger partial charge on any atom is 0.338 e. The molecule has 1 fully saturated rings. The third kappa shape index (κ3) is 4.00. The Balaban J connectivity index is 1.79. The van der Waals surface area contributed by atoms with E-state index in [1.807, 2.05) is 18.2 Å². The second-order valence-corrected chi connectivity index (χ2v) is 6.99. The molecule has 7 nitrogen and oxygen atoms in total. The number of likely N-dealkylation sites (tertiary alicyclic amines) is 1. The molecule has 2 heterocycles. The molecule has 1 aromatic heterocycles. The van der Waals surface area contributed by atoms with Crippen molar-refractivity contribution in [2.45, 2.75) is 18.9 Å². The molecule has 0 aliphatic carbocycles. The highest BCUT2D eigenvalue weighted by Gasteiger charge is 2.32. The highest BCUT2D eigenvalue weighted by molar-refractivity contribution is 7.14. The molecule has 1 saturated heterocycles. The van der Waals surface area contributed by atoms with Crippen molar-refractivity contribution in [1.29, 1.82) is 0 Å². The van der Waals surface area contributed by atoms with E-state index >= 15 is 0 Å². The van der Waals surface area contributed by atoms with Crippen LogP contribution in [0.4, 0.5) is 9.80 Å². The molecular formula is C19H22N2O5S. The van der Waals surface area contributed by atoms with Gasteiger partial charge in [-0.25, -0.2) is 9.59 Å². The first-order valence-corrected chi connectivity index (χ1v) is 9.41. The largest absolute Gasteiger partial charge is 0.497 e. The van der Waals surface area contributed by atoms with Gasteiger partial charge in [0.05, 0.1) is 37.9 Å². The minimum absolute atomic E-state index is 0.102. The molecule has 3 rings (SSSR count). The smallest absolute Gasteiger partial charge is 0.338 e. The van der Waals surface area contributed by atoms with Gasteiger partial charge in [0.2, 0.25) is 0 Å². The zero-order valence-corrected chi connectivity index (χ0v) is 16.3. The van der Waals surface area contributed by atoms with Gasteiger partial charge >= 0.3 is 12.0 Å². The predicted molar refractivity (Wildman–Crippen MR) is 103 cm³/mol. The lowest BCUT2D eigenvalue weighted by molar-refractivity contribution is 0.0601. The number of urea groups is 1. The Labute approximate surface area is 161 Å². The molecule has 0 saturated carbocycles. The molecular weight excluding hydrogens is 368 g/mol. The first-order chi connectivity index (χ1) is 13.1. The molecule has 1 aliphatic rings. The second kappa shape index (κ2) is 8.30. The van der Waals surface area contributed by atoms with Crippen molar-refractivity contribution in [2.75, 3.05) is 33.2 Å². The van der Waals surface area contributed by atoms with E-state index < -0.39 is 5.97 Å². The number of amides is 2. The van der Waals surface area contributed by atoms with E-state index in [9.17, 15) is 9.59 Å². The number of hydrogen-bond acceptors (Lipinski definition) is 6. The summed E-state index contributed by atoms with van der Waals surface area (Å²) in [6, 6.07) is 6.91. The standard InChI is InChI=1S/C19H22N2O5S/c1-24-13-6-7-16(25-2)14(10-13)15-5-4-8-21(15)19(23)20-17-9-12(11-27-17)18(22)26-3/h6-7,9-11,15H,4-5,8H2,1-3H3,(H,20,23)/t15-/m1/s1. The van der Waals surface area contributed by atoms with E-state index in [1.54, 1.807) is 30.6 Å². The van der Waals surface area contributed by atoms with Gasteiger partial charge in [-0.3, -0.25) is 5.32 Å². The average Bonchev–Trinajstić information content (AvgIpc) is 3.36. The first-order valence-electron chi connectivity index (χ1n) is 8.53. The minimum atomic E-state index is -0.424. The predicted octanol–water partition coefficient (Wildman–Crippen LogP) is 3.92. The van der Waals surface area contributed by atoms with E-state index in [-0.39, 0.29) is 12.1 Å². The zero-order valence-electron chi connectivity index (χ0n) is 15.5. The van der Waals surface area contributed by atoms with Gasteiger partial charge in [-0.05, 0) is 37.1 Å². The number of ether oxygens (including phenoxy) is 3. The lowest BCUT2D eigenvalue weighted by atomic mass is 10.0. The summed E-state index contributed by atoms with van der Waals surface area (Å²) in [7, 11) is 4.56. The summed E-state index contributed by atoms with van der Waals surface area (Å²) < 4.78 is 15.5. The van der Waals surface area contributed by atoms with Crippen molar-refractivity contribution in [3.8, 4) is 11.5 Å². The number of hydrogen-bond donors (Lipinski definition) is 1. The van der Waals surface area contributed by atoms with E-state index in [2.05, 4.69) is 5.32 Å². The van der Waals surface area contributed by atoms with Crippen LogP contribution >= 0.6 is 11.3 Å². The van der Waals surface area contributed by atoms with Crippen molar-refractivity contribution >= 4 is 28.3 Å². The third-order valence-corrected chi connectivity index (χ3v) is 5.41. The van der Waals surface area contributed by atoms with Crippen molar-refractivity contribution in [3.63, 3.8) is 0 Å². The summed E-state index contributed by atoms with van der Waals surface area (Å²) in [4.78, 5) is 26.2. The van der Waals surface area contributed by atoms with Crippen LogP contribution in [-0.4, -0.2) is 44.8 Å². The minimum Gasteiger partial charge on any atom is -0.497 e. The molecule has 1 aliphatic heterocycles. The molecule has 1 aromatic carbocycles. The summed E-state index contributed by atoms with van der Waals surface area (Å²) in [5.41, 5.74) is 1.34. The quantitative estimate of drug-likeness (QED) is 0.783. The Hall–Kier alpha value is -2.74. The lowest BCUT2D eigenvalue weighted by Gasteiger charge is -2.26. The number of benzene rings is 1. The Morgan fingerprint density at radius 3 is 2.70 bits per heavy atom. The van der Waals surface area contributed by atoms with Gasteiger partial charge in [-0.2, -0.15) is 0 Å². The fourth-order valence-corrected chi connectivity index (χ4v) is 4.00. The fraction of sp³-hybridized carbons (Fsp3) is 0.368. The summed E-state index contributed by atoms with van der Waals surface area (Å²) in [6.45, 7) is 0.645. The monoisotopic (exact) mass is 390 g/mol. The summed E-state index contributed by atoms with van der Waals surface area (Å²) in [5, 5.41) is 5.14. The Morgan fingerprint density at radius 2 is 2.00 bits per heavy atom. The van der Waals surface area contributed by atoms with Crippen LogP contribution < -0.4 is 14.8 Å². The van der Waals surface area contributed by atoms with Crippen LogP contribution in [0.2, 0.25) is 0 Å². The molecule has 0 spiro atoms. The van der Waals surface area contributed by atoms with Crippen LogP contribution in [-0.2, 0) is 4.74 Å². The van der Waals surface area contributed by atoms with Gasteiger partial charge in [0.1, 0.15) is 11.5 Å². The van der Waals surface area contributed by atoms with Crippen LogP contribution in [0.1, 0.15) is 34.8 Å². The number of methoxy groups -OCH3 is 3. The topological polar surface area (TPSA) is 77.1 Å². The SMILES string of the molecule is COC(=O)c1csc(NC(=O)N2CCC[C@@H]2c2cc(OC)ccc2OC)c1. The third-order valence-electron chi connectivity index (χ3n) is 4.56. The number of carbonyl (C=O) groups excluding carboxylic acids is 2.